The van der Waals surface area contributed by atoms with Crippen LogP contribution in [0.5, 0.6) is 0 Å². The summed E-state index contributed by atoms with van der Waals surface area (Å²) in [4.78, 5) is 14.3. The van der Waals surface area contributed by atoms with Crippen molar-refractivity contribution in [2.24, 2.45) is 11.7 Å². The molecule has 0 atom stereocenters. The summed E-state index contributed by atoms with van der Waals surface area (Å²) in [5, 5.41) is 0. The Hall–Kier alpha value is -2.01. The quantitative estimate of drug-likeness (QED) is 0.621. The predicted octanol–water partition coefficient (Wildman–Crippen LogP) is 4.35. The van der Waals surface area contributed by atoms with E-state index in [2.05, 4.69) is 20.9 Å². The third kappa shape index (κ3) is 3.96. The molecular formula is C19H17BrF4N2O3S. The maximum absolute atomic E-state index is 14.8. The Morgan fingerprint density at radius 3 is 2.30 bits per heavy atom. The van der Waals surface area contributed by atoms with Gasteiger partial charge in [0, 0.05) is 22.2 Å². The predicted molar refractivity (Wildman–Crippen MR) is 103 cm³/mol. The van der Waals surface area contributed by atoms with Crippen LogP contribution in [0.2, 0.25) is 0 Å². The third-order valence-electron chi connectivity index (χ3n) is 5.47. The summed E-state index contributed by atoms with van der Waals surface area (Å²) < 4.78 is 79.1. The summed E-state index contributed by atoms with van der Waals surface area (Å²) in [7, 11) is -4.37. The van der Waals surface area contributed by atoms with Gasteiger partial charge in [-0.1, -0.05) is 15.9 Å². The lowest BCUT2D eigenvalue weighted by atomic mass is 9.77. The van der Waals surface area contributed by atoms with Gasteiger partial charge in [-0.3, -0.25) is 9.78 Å². The van der Waals surface area contributed by atoms with Crippen LogP contribution in [0, 0.1) is 11.7 Å². The van der Waals surface area contributed by atoms with E-state index in [1.165, 1.54) is 12.1 Å². The Morgan fingerprint density at radius 1 is 1.17 bits per heavy atom. The third-order valence-corrected chi connectivity index (χ3v) is 8.48. The maximum atomic E-state index is 14.8. The van der Waals surface area contributed by atoms with Crippen LogP contribution >= 0.6 is 15.9 Å². The number of hydrogen-bond donors (Lipinski definition) is 1. The molecule has 0 radical (unpaired) electrons. The van der Waals surface area contributed by atoms with Gasteiger partial charge in [-0.25, -0.2) is 12.8 Å². The van der Waals surface area contributed by atoms with Crippen molar-refractivity contribution in [3.05, 3.63) is 58.1 Å². The Labute approximate surface area is 178 Å². The number of sulfone groups is 1. The van der Waals surface area contributed by atoms with Gasteiger partial charge in [-0.15, -0.1) is 0 Å². The van der Waals surface area contributed by atoms with Gasteiger partial charge in [0.15, 0.2) is 9.84 Å². The second kappa shape index (κ2) is 7.92. The van der Waals surface area contributed by atoms with Gasteiger partial charge in [-0.2, -0.15) is 13.2 Å². The summed E-state index contributed by atoms with van der Waals surface area (Å²) in [5.41, 5.74) is 3.99. The first-order chi connectivity index (χ1) is 13.9. The number of hydrogen-bond acceptors (Lipinski definition) is 4. The number of nitrogens with zero attached hydrogens (tertiary/aromatic N) is 1. The molecule has 1 heterocycles. The molecule has 1 aromatic heterocycles. The van der Waals surface area contributed by atoms with Crippen molar-refractivity contribution in [1.82, 2.24) is 4.98 Å². The Morgan fingerprint density at radius 2 is 1.80 bits per heavy atom. The van der Waals surface area contributed by atoms with E-state index >= 15 is 0 Å². The largest absolute Gasteiger partial charge is 0.433 e. The highest BCUT2D eigenvalue weighted by Crippen LogP contribution is 2.49. The van der Waals surface area contributed by atoms with Crippen LogP contribution in [-0.4, -0.2) is 19.3 Å². The number of primary amides is 1. The molecule has 0 unspecified atom stereocenters. The van der Waals surface area contributed by atoms with Crippen LogP contribution < -0.4 is 5.73 Å². The molecule has 1 aliphatic carbocycles. The number of carbonyl (C=O) groups is 1. The number of alkyl halides is 3. The molecule has 1 amide bonds. The van der Waals surface area contributed by atoms with Crippen molar-refractivity contribution in [2.45, 2.75) is 41.5 Å². The van der Waals surface area contributed by atoms with Crippen LogP contribution in [0.4, 0.5) is 17.6 Å². The average Bonchev–Trinajstić information content (AvgIpc) is 2.69. The second-order valence-corrected chi connectivity index (χ2v) is 10.4. The van der Waals surface area contributed by atoms with Crippen molar-refractivity contribution in [2.75, 3.05) is 0 Å². The maximum Gasteiger partial charge on any atom is 0.433 e. The first-order valence-corrected chi connectivity index (χ1v) is 11.2. The van der Waals surface area contributed by atoms with Crippen LogP contribution in [0.15, 0.2) is 45.9 Å². The van der Waals surface area contributed by atoms with Crippen molar-refractivity contribution >= 4 is 31.7 Å². The van der Waals surface area contributed by atoms with Crippen LogP contribution in [0.3, 0.4) is 0 Å². The highest BCUT2D eigenvalue weighted by atomic mass is 79.9. The van der Waals surface area contributed by atoms with Gasteiger partial charge in [0.2, 0.25) is 5.91 Å². The van der Waals surface area contributed by atoms with E-state index in [9.17, 15) is 30.8 Å². The summed E-state index contributed by atoms with van der Waals surface area (Å²) in [6.45, 7) is 0. The van der Waals surface area contributed by atoms with Crippen molar-refractivity contribution in [3.8, 4) is 0 Å². The molecule has 0 spiro atoms. The summed E-state index contributed by atoms with van der Waals surface area (Å²) in [6.07, 6.45) is -4.11. The number of pyridine rings is 1. The fourth-order valence-corrected chi connectivity index (χ4v) is 6.30. The minimum Gasteiger partial charge on any atom is -0.369 e. The lowest BCUT2D eigenvalue weighted by Crippen LogP contribution is -2.42. The molecule has 30 heavy (non-hydrogen) atoms. The minimum absolute atomic E-state index is 0.106. The van der Waals surface area contributed by atoms with E-state index < -0.39 is 49.0 Å². The van der Waals surface area contributed by atoms with Gasteiger partial charge in [-0.05, 0) is 56.0 Å². The molecule has 2 aromatic rings. The first-order valence-electron chi connectivity index (χ1n) is 8.91. The summed E-state index contributed by atoms with van der Waals surface area (Å²) >= 11 is 3.20. The van der Waals surface area contributed by atoms with E-state index in [0.717, 1.165) is 12.1 Å². The molecule has 3 rings (SSSR count). The van der Waals surface area contributed by atoms with Crippen molar-refractivity contribution in [3.63, 3.8) is 0 Å². The average molecular weight is 509 g/mol. The van der Waals surface area contributed by atoms with Gasteiger partial charge in [0.1, 0.15) is 16.3 Å². The second-order valence-electron chi connectivity index (χ2n) is 7.18. The Bertz CT molecular complexity index is 1060. The normalized spacial score (nSPS) is 22.6. The zero-order chi connectivity index (χ0) is 22.3. The Balaban J connectivity index is 2.15. The number of benzene rings is 1. The van der Waals surface area contributed by atoms with Gasteiger partial charge in [0.05, 0.1) is 4.90 Å². The minimum atomic E-state index is -4.73. The number of halogens is 5. The van der Waals surface area contributed by atoms with Crippen LogP contribution in [-0.2, 0) is 25.6 Å². The number of amides is 1. The van der Waals surface area contributed by atoms with Gasteiger partial charge >= 0.3 is 6.18 Å². The standard InChI is InChI=1S/C19H17BrF4N2O3S/c20-12-1-3-15(21)14(9-12)18(7-5-11(6-8-18)17(25)27)30(28,29)13-2-4-16(26-10-13)19(22,23)24/h1-4,9-11H,5-8H2,(H2,25,27). The number of carbonyl (C=O) groups excluding carboxylic acids is 1. The lowest BCUT2D eigenvalue weighted by Gasteiger charge is -2.39. The molecule has 0 bridgehead atoms. The molecule has 1 fully saturated rings. The lowest BCUT2D eigenvalue weighted by molar-refractivity contribution is -0.141. The molecule has 162 valence electrons. The Kier molecular flexibility index (Phi) is 5.98. The van der Waals surface area contributed by atoms with E-state index in [1.54, 1.807) is 0 Å². The molecule has 2 N–H and O–H groups in total. The van der Waals surface area contributed by atoms with Crippen molar-refractivity contribution in [1.29, 1.82) is 0 Å². The van der Waals surface area contributed by atoms with Crippen LogP contribution in [0.1, 0.15) is 36.9 Å². The molecule has 11 heteroatoms. The van der Waals surface area contributed by atoms with Gasteiger partial charge < -0.3 is 5.73 Å². The zero-order valence-corrected chi connectivity index (χ0v) is 17.8. The molecule has 5 nitrogen and oxygen atoms in total. The highest BCUT2D eigenvalue weighted by molar-refractivity contribution is 9.10. The number of aromatic nitrogens is 1. The topological polar surface area (TPSA) is 90.1 Å². The fourth-order valence-electron chi connectivity index (χ4n) is 3.83. The highest BCUT2D eigenvalue weighted by Gasteiger charge is 2.50. The van der Waals surface area contributed by atoms with E-state index in [4.69, 9.17) is 5.73 Å². The smallest absolute Gasteiger partial charge is 0.369 e. The summed E-state index contributed by atoms with van der Waals surface area (Å²) in [6, 6.07) is 5.26. The number of rotatable bonds is 4. The molecule has 1 saturated carbocycles. The summed E-state index contributed by atoms with van der Waals surface area (Å²) in [5.74, 6) is -1.90. The van der Waals surface area contributed by atoms with Gasteiger partial charge in [0.25, 0.3) is 0 Å². The molecule has 0 aliphatic heterocycles. The number of nitrogens with two attached hydrogens (primary N) is 1. The first kappa shape index (κ1) is 22.7. The molecule has 1 aliphatic rings. The van der Waals surface area contributed by atoms with E-state index in [-0.39, 0.29) is 31.2 Å². The van der Waals surface area contributed by atoms with Crippen LogP contribution in [0.25, 0.3) is 0 Å². The fraction of sp³-hybridized carbons (Fsp3) is 0.368. The molecule has 1 aromatic carbocycles. The zero-order valence-electron chi connectivity index (χ0n) is 15.4. The van der Waals surface area contributed by atoms with E-state index in [0.29, 0.717) is 16.7 Å². The SMILES string of the molecule is NC(=O)C1CCC(c2cc(Br)ccc2F)(S(=O)(=O)c2ccc(C(F)(F)F)nc2)CC1. The molecule has 0 saturated heterocycles. The monoisotopic (exact) mass is 508 g/mol. The van der Waals surface area contributed by atoms with E-state index in [1.807, 2.05) is 0 Å². The molecular weight excluding hydrogens is 492 g/mol. The van der Waals surface area contributed by atoms with Crippen molar-refractivity contribution < 1.29 is 30.8 Å².